The molecule has 0 spiro atoms. The van der Waals surface area contributed by atoms with Gasteiger partial charge in [0.05, 0.1) is 36.9 Å². The van der Waals surface area contributed by atoms with Crippen LogP contribution in [0.3, 0.4) is 0 Å². The molecule has 1 aliphatic heterocycles. The van der Waals surface area contributed by atoms with E-state index in [0.717, 1.165) is 0 Å². The van der Waals surface area contributed by atoms with Crippen LogP contribution in [0.15, 0.2) is 0 Å². The van der Waals surface area contributed by atoms with E-state index in [1.807, 2.05) is 6.92 Å². The maximum absolute atomic E-state index is 12.4. The van der Waals surface area contributed by atoms with Crippen molar-refractivity contribution in [3.63, 3.8) is 0 Å². The monoisotopic (exact) mass is 433 g/mol. The zero-order valence-electron chi connectivity index (χ0n) is 17.6. The minimum atomic E-state index is -1.31. The van der Waals surface area contributed by atoms with Crippen molar-refractivity contribution in [2.75, 3.05) is 20.7 Å². The fourth-order valence-corrected chi connectivity index (χ4v) is 4.06. The number of rotatable bonds is 8. The Morgan fingerprint density at radius 1 is 1.30 bits per heavy atom. The number of aliphatic hydroxyl groups excluding tert-OH is 2. The molecule has 9 N–H and O–H groups in total. The highest BCUT2D eigenvalue weighted by Gasteiger charge is 2.53. The Morgan fingerprint density at radius 2 is 1.97 bits per heavy atom. The molecule has 174 valence electrons. The van der Waals surface area contributed by atoms with Crippen LogP contribution in [0, 0.1) is 0 Å². The molecule has 0 aromatic rings. The number of amides is 2. The third-order valence-electron chi connectivity index (χ3n) is 5.90. The molecule has 12 nitrogen and oxygen atoms in total. The van der Waals surface area contributed by atoms with E-state index >= 15 is 0 Å². The highest BCUT2D eigenvalue weighted by Crippen LogP contribution is 2.31. The Morgan fingerprint density at radius 3 is 2.53 bits per heavy atom. The van der Waals surface area contributed by atoms with Crippen LogP contribution in [0.1, 0.15) is 19.8 Å². The molecular weight excluding hydrogens is 398 g/mol. The van der Waals surface area contributed by atoms with Gasteiger partial charge in [0, 0.05) is 20.2 Å². The first kappa shape index (κ1) is 24.9. The van der Waals surface area contributed by atoms with Crippen molar-refractivity contribution in [2.45, 2.75) is 80.7 Å². The van der Waals surface area contributed by atoms with Gasteiger partial charge in [0.25, 0.3) is 0 Å². The second-order valence-electron chi connectivity index (χ2n) is 8.00. The van der Waals surface area contributed by atoms with Crippen LogP contribution in [-0.4, -0.2) is 109 Å². The molecule has 1 saturated carbocycles. The summed E-state index contributed by atoms with van der Waals surface area (Å²) in [6, 6.07) is -2.71. The van der Waals surface area contributed by atoms with Crippen molar-refractivity contribution in [1.82, 2.24) is 10.2 Å². The van der Waals surface area contributed by atoms with Gasteiger partial charge in [-0.3, -0.25) is 9.59 Å². The Kier molecular flexibility index (Phi) is 8.94. The number of hydrogen-bond acceptors (Lipinski definition) is 10. The smallest absolute Gasteiger partial charge is 0.242 e. The first-order valence-electron chi connectivity index (χ1n) is 10.0. The van der Waals surface area contributed by atoms with Crippen molar-refractivity contribution in [1.29, 1.82) is 0 Å². The summed E-state index contributed by atoms with van der Waals surface area (Å²) in [4.78, 5) is 24.1. The molecule has 0 aromatic carbocycles. The van der Waals surface area contributed by atoms with Gasteiger partial charge in [0.1, 0.15) is 18.3 Å². The molecule has 1 saturated heterocycles. The third kappa shape index (κ3) is 5.26. The number of nitrogens with two attached hydrogens (primary N) is 3. The van der Waals surface area contributed by atoms with Crippen molar-refractivity contribution < 1.29 is 34.0 Å². The van der Waals surface area contributed by atoms with Gasteiger partial charge >= 0.3 is 0 Å². The standard InChI is InChI=1S/C18H35N5O7/c1-8(19)10-5-4-9(20)18(29-10)30-16-12(21)14(26)17(28-3)13(15(16)27)23(2)11(25)6-22-7-24/h7-10,12-18,26-27H,4-6,19-21H2,1-3H3,(H,22,24)/t8-,9?,10?,12?,13?,14?,15?,16?,17?,18?/m0/s1. The second-order valence-corrected chi connectivity index (χ2v) is 8.00. The third-order valence-corrected chi connectivity index (χ3v) is 5.90. The lowest BCUT2D eigenvalue weighted by Crippen LogP contribution is -2.72. The van der Waals surface area contributed by atoms with E-state index in [2.05, 4.69) is 5.32 Å². The summed E-state index contributed by atoms with van der Waals surface area (Å²) < 4.78 is 17.2. The lowest BCUT2D eigenvalue weighted by Gasteiger charge is -2.50. The predicted molar refractivity (Wildman–Crippen MR) is 106 cm³/mol. The molecule has 2 amide bonds. The number of nitrogens with zero attached hydrogens (tertiary/aromatic N) is 1. The van der Waals surface area contributed by atoms with Crippen LogP contribution in [0.2, 0.25) is 0 Å². The topological polar surface area (TPSA) is 196 Å². The molecule has 30 heavy (non-hydrogen) atoms. The number of likely N-dealkylation sites (N-methyl/N-ethyl adjacent to an activating group) is 1. The fraction of sp³-hybridized carbons (Fsp3) is 0.889. The number of methoxy groups -OCH3 is 1. The molecule has 12 heteroatoms. The lowest BCUT2D eigenvalue weighted by atomic mass is 9.80. The highest BCUT2D eigenvalue weighted by atomic mass is 16.7. The summed E-state index contributed by atoms with van der Waals surface area (Å²) in [5.41, 5.74) is 18.2. The number of carbonyl (C=O) groups is 2. The minimum absolute atomic E-state index is 0.237. The summed E-state index contributed by atoms with van der Waals surface area (Å²) in [5, 5.41) is 24.0. The van der Waals surface area contributed by atoms with Crippen LogP contribution in [0.25, 0.3) is 0 Å². The largest absolute Gasteiger partial charge is 0.389 e. The van der Waals surface area contributed by atoms with Gasteiger partial charge in [0.2, 0.25) is 12.3 Å². The van der Waals surface area contributed by atoms with E-state index in [9.17, 15) is 19.8 Å². The second kappa shape index (κ2) is 10.8. The first-order chi connectivity index (χ1) is 14.1. The number of nitrogens with one attached hydrogen (secondary N) is 1. The Balaban J connectivity index is 2.22. The van der Waals surface area contributed by atoms with Gasteiger partial charge in [-0.05, 0) is 19.8 Å². The van der Waals surface area contributed by atoms with E-state index in [1.54, 1.807) is 0 Å². The number of ether oxygens (including phenoxy) is 3. The summed E-state index contributed by atoms with van der Waals surface area (Å²) in [6.07, 6.45) is -4.09. The Bertz CT molecular complexity index is 583. The molecule has 1 aliphatic carbocycles. The molecule has 10 atom stereocenters. The number of hydrogen-bond donors (Lipinski definition) is 6. The molecule has 0 radical (unpaired) electrons. The summed E-state index contributed by atoms with van der Waals surface area (Å²) in [6.45, 7) is 1.54. The molecule has 0 bridgehead atoms. The molecule has 9 unspecified atom stereocenters. The van der Waals surface area contributed by atoms with Crippen molar-refractivity contribution in [3.05, 3.63) is 0 Å². The maximum atomic E-state index is 12.4. The van der Waals surface area contributed by atoms with Crippen molar-refractivity contribution in [2.24, 2.45) is 17.2 Å². The Labute approximate surface area is 176 Å². The van der Waals surface area contributed by atoms with Crippen LogP contribution in [0.4, 0.5) is 0 Å². The molecule has 1 heterocycles. The highest BCUT2D eigenvalue weighted by molar-refractivity contribution is 5.80. The van der Waals surface area contributed by atoms with Gasteiger partial charge in [-0.1, -0.05) is 0 Å². The molecule has 2 fully saturated rings. The van der Waals surface area contributed by atoms with Crippen LogP contribution >= 0.6 is 0 Å². The quantitative estimate of drug-likeness (QED) is 0.207. The van der Waals surface area contributed by atoms with Gasteiger partial charge in [-0.2, -0.15) is 0 Å². The van der Waals surface area contributed by atoms with Crippen LogP contribution in [-0.2, 0) is 23.8 Å². The van der Waals surface area contributed by atoms with E-state index < -0.39 is 54.7 Å². The summed E-state index contributed by atoms with van der Waals surface area (Å²) >= 11 is 0. The average molecular weight is 434 g/mol. The van der Waals surface area contributed by atoms with Crippen molar-refractivity contribution >= 4 is 12.3 Å². The van der Waals surface area contributed by atoms with E-state index in [1.165, 1.54) is 19.1 Å². The van der Waals surface area contributed by atoms with Gasteiger partial charge in [-0.25, -0.2) is 0 Å². The average Bonchev–Trinajstić information content (AvgIpc) is 2.72. The molecule has 2 aliphatic rings. The van der Waals surface area contributed by atoms with E-state index in [0.29, 0.717) is 19.3 Å². The zero-order valence-corrected chi connectivity index (χ0v) is 17.6. The normalized spacial score (nSPS) is 40.5. The SMILES string of the molecule is COC1C(O)C(N)C(OC2OC([C@H](C)N)CCC2N)C(O)C1N(C)C(=O)CNC=O. The van der Waals surface area contributed by atoms with E-state index in [4.69, 9.17) is 31.4 Å². The van der Waals surface area contributed by atoms with Crippen LogP contribution in [0.5, 0.6) is 0 Å². The summed E-state index contributed by atoms with van der Waals surface area (Å²) in [7, 11) is 2.78. The number of carbonyl (C=O) groups excluding carboxylic acids is 2. The predicted octanol–water partition coefficient (Wildman–Crippen LogP) is -3.80. The lowest BCUT2D eigenvalue weighted by molar-refractivity contribution is -0.267. The molecule has 2 rings (SSSR count). The molecular formula is C18H35N5O7. The minimum Gasteiger partial charge on any atom is -0.389 e. The fourth-order valence-electron chi connectivity index (χ4n) is 4.06. The van der Waals surface area contributed by atoms with Crippen LogP contribution < -0.4 is 22.5 Å². The maximum Gasteiger partial charge on any atom is 0.242 e. The van der Waals surface area contributed by atoms with Crippen molar-refractivity contribution in [3.8, 4) is 0 Å². The van der Waals surface area contributed by atoms with Gasteiger partial charge in [0.15, 0.2) is 6.29 Å². The van der Waals surface area contributed by atoms with Gasteiger partial charge in [-0.15, -0.1) is 0 Å². The molecule has 0 aromatic heterocycles. The summed E-state index contributed by atoms with van der Waals surface area (Å²) in [5.74, 6) is -0.489. The van der Waals surface area contributed by atoms with E-state index in [-0.39, 0.29) is 18.7 Å². The number of aliphatic hydroxyl groups is 2. The van der Waals surface area contributed by atoms with Gasteiger partial charge < -0.3 is 51.8 Å². The Hall–Kier alpha value is -1.38. The first-order valence-corrected chi connectivity index (χ1v) is 10.0. The zero-order chi connectivity index (χ0) is 22.6.